The Morgan fingerprint density at radius 2 is 1.24 bits per heavy atom. The van der Waals surface area contributed by atoms with Gasteiger partial charge in [0, 0.05) is 0 Å². The molecule has 0 amide bonds. The van der Waals surface area contributed by atoms with Crippen LogP contribution >= 0.6 is 0 Å². The molecule has 0 aromatic heterocycles. The molecule has 2 aromatic rings. The second-order valence-electron chi connectivity index (χ2n) is 8.02. The van der Waals surface area contributed by atoms with Crippen molar-refractivity contribution >= 4 is 6.16 Å². The molecule has 0 heterocycles. The molecule has 2 rings (SSSR count). The average molecular weight is 384 g/mol. The summed E-state index contributed by atoms with van der Waals surface area (Å²) in [4.78, 5) is 12.1. The molecule has 0 unspecified atom stereocenters. The van der Waals surface area contributed by atoms with E-state index < -0.39 is 11.6 Å². The van der Waals surface area contributed by atoms with E-state index in [0.717, 1.165) is 11.1 Å². The molecule has 0 fully saturated rings. The first-order valence-corrected chi connectivity index (χ1v) is 9.20. The van der Waals surface area contributed by atoms with Gasteiger partial charge in [-0.25, -0.2) is 4.79 Å². The van der Waals surface area contributed by atoms with Crippen LogP contribution in [0.2, 0.25) is 0 Å². The minimum Gasteiger partial charge on any atom is -0.395 e. The van der Waals surface area contributed by atoms with Crippen LogP contribution in [0.5, 0.6) is 11.5 Å². The smallest absolute Gasteiger partial charge is 0.395 e. The fraction of sp³-hybridized carbons (Fsp3) is 0.269. The Hall–Kier alpha value is -3.61. The van der Waals surface area contributed by atoms with E-state index in [0.29, 0.717) is 11.5 Å². The lowest BCUT2D eigenvalue weighted by molar-refractivity contribution is 0.152. The third kappa shape index (κ3) is 6.49. The Kier molecular flexibility index (Phi) is 6.77. The van der Waals surface area contributed by atoms with Crippen LogP contribution in [-0.4, -0.2) is 6.16 Å². The molecule has 0 saturated carbocycles. The Labute approximate surface area is 173 Å². The second kappa shape index (κ2) is 9.05. The largest absolute Gasteiger partial charge is 0.519 e. The van der Waals surface area contributed by atoms with Gasteiger partial charge in [0.15, 0.2) is 0 Å². The number of hydrogen-bond donors (Lipinski definition) is 0. The quantitative estimate of drug-likeness (QED) is 0.399. The molecule has 146 valence electrons. The third-order valence-electron chi connectivity index (χ3n) is 4.27. The summed E-state index contributed by atoms with van der Waals surface area (Å²) in [5, 5.41) is 0. The molecule has 0 atom stereocenters. The van der Waals surface area contributed by atoms with E-state index in [4.69, 9.17) is 15.9 Å². The summed E-state index contributed by atoms with van der Waals surface area (Å²) >= 11 is 0. The summed E-state index contributed by atoms with van der Waals surface area (Å²) in [5.74, 6) is 13.9. The summed E-state index contributed by atoms with van der Waals surface area (Å²) < 4.78 is 10.5. The summed E-state index contributed by atoms with van der Waals surface area (Å²) in [6, 6.07) is 14.5. The predicted molar refractivity (Wildman–Crippen MR) is 116 cm³/mol. The zero-order valence-electron chi connectivity index (χ0n) is 17.4. The van der Waals surface area contributed by atoms with Crippen molar-refractivity contribution in [3.63, 3.8) is 0 Å². The molecular formula is C26H24O3. The first kappa shape index (κ1) is 21.7. The summed E-state index contributed by atoms with van der Waals surface area (Å²) in [5.41, 5.74) is 1.74. The van der Waals surface area contributed by atoms with Crippen LogP contribution < -0.4 is 9.47 Å². The third-order valence-corrected chi connectivity index (χ3v) is 4.27. The van der Waals surface area contributed by atoms with Gasteiger partial charge in [-0.2, -0.15) is 0 Å². The predicted octanol–water partition coefficient (Wildman–Crippen LogP) is 5.48. The van der Waals surface area contributed by atoms with Crippen LogP contribution in [0.25, 0.3) is 0 Å². The highest BCUT2D eigenvalue weighted by molar-refractivity contribution is 5.67. The maximum absolute atomic E-state index is 12.1. The van der Waals surface area contributed by atoms with Gasteiger partial charge in [0.05, 0.1) is 5.41 Å². The molecule has 29 heavy (non-hydrogen) atoms. The standard InChI is InChI=1S/C26H24O3/c1-7-8-9-10-19-26(5,6)21-13-17-23(18-14-21)29-24(27)28-22-15-11-20(12-16-22)25(2,3)4/h1,11-18H,2-6H3. The molecule has 3 heteroatoms. The minimum absolute atomic E-state index is 0.0345. The van der Waals surface area contributed by atoms with Crippen LogP contribution in [0.4, 0.5) is 4.79 Å². The monoisotopic (exact) mass is 384 g/mol. The van der Waals surface area contributed by atoms with Crippen molar-refractivity contribution in [2.75, 3.05) is 0 Å². The van der Waals surface area contributed by atoms with Crippen molar-refractivity contribution in [1.29, 1.82) is 0 Å². The maximum Gasteiger partial charge on any atom is 0.519 e. The van der Waals surface area contributed by atoms with Crippen LogP contribution in [0, 0.1) is 36.0 Å². The molecule has 0 spiro atoms. The van der Waals surface area contributed by atoms with Crippen molar-refractivity contribution in [2.24, 2.45) is 0 Å². The lowest BCUT2D eigenvalue weighted by Gasteiger charge is -2.19. The Balaban J connectivity index is 2.01. The van der Waals surface area contributed by atoms with Crippen molar-refractivity contribution in [2.45, 2.75) is 45.4 Å². The SMILES string of the molecule is C#CC#CC#CC(C)(C)c1ccc(OC(=O)Oc2ccc(C(C)(C)C)cc2)cc1. The Morgan fingerprint density at radius 3 is 1.69 bits per heavy atom. The summed E-state index contributed by atoms with van der Waals surface area (Å²) in [6.07, 6.45) is 4.29. The average Bonchev–Trinajstić information content (AvgIpc) is 2.65. The molecule has 2 aromatic carbocycles. The molecular weight excluding hydrogens is 360 g/mol. The number of carbonyl (C=O) groups excluding carboxylic acids is 1. The first-order chi connectivity index (χ1) is 13.6. The molecule has 0 N–H and O–H groups in total. The van der Waals surface area contributed by atoms with Crippen LogP contribution in [0.1, 0.15) is 45.7 Å². The number of rotatable bonds is 3. The highest BCUT2D eigenvalue weighted by Crippen LogP contribution is 2.26. The normalized spacial score (nSPS) is 10.5. The van der Waals surface area contributed by atoms with Crippen molar-refractivity contribution in [1.82, 2.24) is 0 Å². The van der Waals surface area contributed by atoms with Gasteiger partial charge >= 0.3 is 6.16 Å². The topological polar surface area (TPSA) is 35.5 Å². The Bertz CT molecular complexity index is 1020. The van der Waals surface area contributed by atoms with E-state index in [2.05, 4.69) is 50.4 Å². The van der Waals surface area contributed by atoms with E-state index in [1.165, 1.54) is 0 Å². The number of benzene rings is 2. The number of ether oxygens (including phenoxy) is 2. The van der Waals surface area contributed by atoms with E-state index in [9.17, 15) is 4.79 Å². The number of hydrogen-bond acceptors (Lipinski definition) is 3. The van der Waals surface area contributed by atoms with Gasteiger partial charge in [-0.1, -0.05) is 51.0 Å². The van der Waals surface area contributed by atoms with E-state index >= 15 is 0 Å². The van der Waals surface area contributed by atoms with Crippen molar-refractivity contribution in [3.05, 3.63) is 59.7 Å². The zero-order valence-corrected chi connectivity index (χ0v) is 17.4. The Morgan fingerprint density at radius 1 is 0.759 bits per heavy atom. The van der Waals surface area contributed by atoms with Crippen molar-refractivity contribution in [3.8, 4) is 47.5 Å². The van der Waals surface area contributed by atoms with Gasteiger partial charge < -0.3 is 9.47 Å². The summed E-state index contributed by atoms with van der Waals surface area (Å²) in [7, 11) is 0. The van der Waals surface area contributed by atoms with Gasteiger partial charge in [0.1, 0.15) is 11.5 Å². The highest BCUT2D eigenvalue weighted by Gasteiger charge is 2.18. The van der Waals surface area contributed by atoms with Crippen molar-refractivity contribution < 1.29 is 14.3 Å². The molecule has 0 aliphatic carbocycles. The van der Waals surface area contributed by atoms with Gasteiger partial charge in [-0.15, -0.1) is 6.42 Å². The molecule has 0 aliphatic rings. The van der Waals surface area contributed by atoms with Gasteiger partial charge in [-0.05, 0) is 78.3 Å². The van der Waals surface area contributed by atoms with Gasteiger partial charge in [0.25, 0.3) is 0 Å². The number of terminal acetylenes is 1. The first-order valence-electron chi connectivity index (χ1n) is 9.20. The highest BCUT2D eigenvalue weighted by atomic mass is 16.7. The molecule has 0 bridgehead atoms. The van der Waals surface area contributed by atoms with Crippen LogP contribution in [-0.2, 0) is 10.8 Å². The fourth-order valence-electron chi connectivity index (χ4n) is 2.50. The van der Waals surface area contributed by atoms with Gasteiger partial charge in [0.2, 0.25) is 0 Å². The molecule has 3 nitrogen and oxygen atoms in total. The maximum atomic E-state index is 12.1. The second-order valence-corrected chi connectivity index (χ2v) is 8.02. The lowest BCUT2D eigenvalue weighted by atomic mass is 9.85. The van der Waals surface area contributed by atoms with Crippen LogP contribution in [0.3, 0.4) is 0 Å². The van der Waals surface area contributed by atoms with E-state index in [1.807, 2.05) is 38.1 Å². The number of carbonyl (C=O) groups is 1. The van der Waals surface area contributed by atoms with E-state index in [1.54, 1.807) is 24.3 Å². The lowest BCUT2D eigenvalue weighted by Crippen LogP contribution is -2.16. The minimum atomic E-state index is -0.787. The van der Waals surface area contributed by atoms with Crippen LogP contribution in [0.15, 0.2) is 48.5 Å². The van der Waals surface area contributed by atoms with E-state index in [-0.39, 0.29) is 5.41 Å². The molecule has 0 radical (unpaired) electrons. The van der Waals surface area contributed by atoms with Gasteiger partial charge in [-0.3, -0.25) is 0 Å². The molecule has 0 aliphatic heterocycles. The summed E-state index contributed by atoms with van der Waals surface area (Å²) in [6.45, 7) is 10.3. The zero-order chi connectivity index (χ0) is 21.5. The fourth-order valence-corrected chi connectivity index (χ4v) is 2.50. The molecule has 0 saturated heterocycles.